The highest BCUT2D eigenvalue weighted by Crippen LogP contribution is 2.57. The Kier molecular flexibility index (Phi) is 3.10. The van der Waals surface area contributed by atoms with Gasteiger partial charge >= 0.3 is 0 Å². The summed E-state index contributed by atoms with van der Waals surface area (Å²) in [6, 6.07) is 0.440. The second kappa shape index (κ2) is 4.33. The molecule has 2 fully saturated rings. The van der Waals surface area contributed by atoms with Crippen LogP contribution in [0.5, 0.6) is 0 Å². The smallest absolute Gasteiger partial charge is 0.0353 e. The summed E-state index contributed by atoms with van der Waals surface area (Å²) < 4.78 is 0. The van der Waals surface area contributed by atoms with Crippen LogP contribution in [-0.2, 0) is 0 Å². The minimum atomic E-state index is 0.440. The minimum Gasteiger partial charge on any atom is -0.271 e. The number of nitrogens with two attached hydrogens (primary N) is 1. The van der Waals surface area contributed by atoms with Gasteiger partial charge in [-0.15, -0.1) is 11.8 Å². The number of rotatable bonds is 3. The molecule has 3 unspecified atom stereocenters. The van der Waals surface area contributed by atoms with Crippen LogP contribution in [0.4, 0.5) is 0 Å². The van der Waals surface area contributed by atoms with Crippen LogP contribution in [0.3, 0.4) is 0 Å². The second-order valence-electron chi connectivity index (χ2n) is 4.59. The van der Waals surface area contributed by atoms with E-state index in [1.54, 1.807) is 0 Å². The quantitative estimate of drug-likeness (QED) is 0.405. The summed E-state index contributed by atoms with van der Waals surface area (Å²) in [5.41, 5.74) is 2.95. The van der Waals surface area contributed by atoms with Crippen molar-refractivity contribution in [2.45, 2.75) is 45.1 Å². The van der Waals surface area contributed by atoms with Gasteiger partial charge in [0.1, 0.15) is 0 Å². The highest BCUT2D eigenvalue weighted by atomic mass is 15.2. The molecule has 0 radical (unpaired) electrons. The normalized spacial score (nSPS) is 36.6. The van der Waals surface area contributed by atoms with Crippen molar-refractivity contribution in [3.63, 3.8) is 0 Å². The van der Waals surface area contributed by atoms with Crippen molar-refractivity contribution >= 4 is 0 Å². The number of hydrogen-bond donors (Lipinski definition) is 2. The lowest BCUT2D eigenvalue weighted by Gasteiger charge is -2.12. The van der Waals surface area contributed by atoms with E-state index in [1.807, 2.05) is 6.92 Å². The summed E-state index contributed by atoms with van der Waals surface area (Å²) in [5.74, 6) is 14.4. The minimum absolute atomic E-state index is 0.440. The zero-order valence-corrected chi connectivity index (χ0v) is 8.92. The summed E-state index contributed by atoms with van der Waals surface area (Å²) >= 11 is 0. The van der Waals surface area contributed by atoms with Crippen molar-refractivity contribution in [1.29, 1.82) is 0 Å². The van der Waals surface area contributed by atoms with Gasteiger partial charge in [-0.1, -0.05) is 12.8 Å². The van der Waals surface area contributed by atoms with Crippen LogP contribution in [0, 0.1) is 29.6 Å². The van der Waals surface area contributed by atoms with E-state index in [9.17, 15) is 0 Å². The summed E-state index contributed by atoms with van der Waals surface area (Å²) in [6.45, 7) is 1.90. The summed E-state index contributed by atoms with van der Waals surface area (Å²) in [6.07, 6.45) is 6.62. The standard InChI is InChI=1S/C12H20N2/c1-2-3-8-11(14-13)12-9-6-4-5-7-10(9)12/h9-12,14H,4-8,13H2,1H3. The van der Waals surface area contributed by atoms with Crippen LogP contribution in [-0.4, -0.2) is 6.04 Å². The molecule has 0 aromatic heterocycles. The molecule has 2 aliphatic rings. The zero-order valence-electron chi connectivity index (χ0n) is 8.92. The van der Waals surface area contributed by atoms with Gasteiger partial charge in [0.05, 0.1) is 0 Å². The fourth-order valence-corrected chi connectivity index (χ4v) is 3.16. The Morgan fingerprint density at radius 1 is 1.36 bits per heavy atom. The third-order valence-electron chi connectivity index (χ3n) is 3.90. The van der Waals surface area contributed by atoms with Crippen LogP contribution in [0.1, 0.15) is 39.0 Å². The topological polar surface area (TPSA) is 38.0 Å². The van der Waals surface area contributed by atoms with Gasteiger partial charge < -0.3 is 0 Å². The molecule has 2 heteroatoms. The Morgan fingerprint density at radius 3 is 2.50 bits per heavy atom. The van der Waals surface area contributed by atoms with E-state index in [2.05, 4.69) is 17.3 Å². The highest BCUT2D eigenvalue weighted by Gasteiger charge is 2.53. The molecule has 0 aromatic carbocycles. The van der Waals surface area contributed by atoms with Crippen molar-refractivity contribution < 1.29 is 0 Å². The lowest BCUT2D eigenvalue weighted by molar-refractivity contribution is 0.447. The Labute approximate surface area is 86.6 Å². The van der Waals surface area contributed by atoms with Crippen LogP contribution in [0.15, 0.2) is 0 Å². The number of nitrogens with one attached hydrogen (secondary N) is 1. The maximum atomic E-state index is 5.59. The average molecular weight is 192 g/mol. The van der Waals surface area contributed by atoms with E-state index in [0.717, 1.165) is 24.2 Å². The molecule has 0 bridgehead atoms. The first-order chi connectivity index (χ1) is 6.88. The molecular formula is C12H20N2. The van der Waals surface area contributed by atoms with E-state index in [4.69, 9.17) is 5.84 Å². The van der Waals surface area contributed by atoms with Gasteiger partial charge in [-0.3, -0.25) is 11.3 Å². The van der Waals surface area contributed by atoms with Gasteiger partial charge in [-0.25, -0.2) is 0 Å². The second-order valence-corrected chi connectivity index (χ2v) is 4.59. The number of fused-ring (bicyclic) bond motifs is 1. The molecule has 0 saturated heterocycles. The van der Waals surface area contributed by atoms with Gasteiger partial charge in [0, 0.05) is 12.5 Å². The number of hydrogen-bond acceptors (Lipinski definition) is 2. The van der Waals surface area contributed by atoms with Crippen molar-refractivity contribution in [3.05, 3.63) is 0 Å². The first-order valence-electron chi connectivity index (χ1n) is 5.74. The Balaban J connectivity index is 1.89. The predicted molar refractivity (Wildman–Crippen MR) is 58.1 cm³/mol. The molecule has 3 N–H and O–H groups in total. The lowest BCUT2D eigenvalue weighted by Crippen LogP contribution is -2.37. The first-order valence-corrected chi connectivity index (χ1v) is 5.74. The Bertz CT molecular complexity index is 239. The van der Waals surface area contributed by atoms with Gasteiger partial charge in [0.25, 0.3) is 0 Å². The Hall–Kier alpha value is -0.520. The van der Waals surface area contributed by atoms with E-state index in [0.29, 0.717) is 6.04 Å². The van der Waals surface area contributed by atoms with Crippen LogP contribution in [0.25, 0.3) is 0 Å². The fraction of sp³-hybridized carbons (Fsp3) is 0.833. The molecule has 0 spiro atoms. The fourth-order valence-electron chi connectivity index (χ4n) is 3.16. The third-order valence-corrected chi connectivity index (χ3v) is 3.90. The zero-order chi connectivity index (χ0) is 9.97. The molecule has 2 saturated carbocycles. The van der Waals surface area contributed by atoms with Crippen LogP contribution >= 0.6 is 0 Å². The molecule has 0 aromatic rings. The molecule has 0 aliphatic heterocycles. The average Bonchev–Trinajstić information content (AvgIpc) is 2.94. The summed E-state index contributed by atoms with van der Waals surface area (Å²) in [7, 11) is 0. The van der Waals surface area contributed by atoms with Crippen molar-refractivity contribution in [3.8, 4) is 11.8 Å². The molecule has 0 heterocycles. The van der Waals surface area contributed by atoms with Crippen LogP contribution in [0.2, 0.25) is 0 Å². The van der Waals surface area contributed by atoms with Gasteiger partial charge in [-0.05, 0) is 37.5 Å². The third kappa shape index (κ3) is 1.80. The monoisotopic (exact) mass is 192 g/mol. The molecule has 0 amide bonds. The van der Waals surface area contributed by atoms with Gasteiger partial charge in [-0.2, -0.15) is 0 Å². The maximum Gasteiger partial charge on any atom is 0.0353 e. The molecule has 2 aliphatic carbocycles. The van der Waals surface area contributed by atoms with Crippen LogP contribution < -0.4 is 11.3 Å². The van der Waals surface area contributed by atoms with Crippen molar-refractivity contribution in [2.75, 3.05) is 0 Å². The van der Waals surface area contributed by atoms with Crippen molar-refractivity contribution in [2.24, 2.45) is 23.6 Å². The molecule has 78 valence electrons. The molecular weight excluding hydrogens is 172 g/mol. The molecule has 3 atom stereocenters. The van der Waals surface area contributed by atoms with Gasteiger partial charge in [0.2, 0.25) is 0 Å². The van der Waals surface area contributed by atoms with Gasteiger partial charge in [0.15, 0.2) is 0 Å². The number of hydrazine groups is 1. The largest absolute Gasteiger partial charge is 0.271 e. The Morgan fingerprint density at radius 2 is 2.00 bits per heavy atom. The molecule has 14 heavy (non-hydrogen) atoms. The van der Waals surface area contributed by atoms with E-state index < -0.39 is 0 Å². The summed E-state index contributed by atoms with van der Waals surface area (Å²) in [4.78, 5) is 0. The molecule has 2 nitrogen and oxygen atoms in total. The van der Waals surface area contributed by atoms with Crippen molar-refractivity contribution in [1.82, 2.24) is 5.43 Å². The van der Waals surface area contributed by atoms with E-state index in [1.165, 1.54) is 25.7 Å². The highest BCUT2D eigenvalue weighted by molar-refractivity contribution is 5.08. The SMILES string of the molecule is CC#CCC(NN)C1C2CCCCC21. The first kappa shape index (κ1) is 10.0. The molecule has 2 rings (SSSR count). The summed E-state index contributed by atoms with van der Waals surface area (Å²) in [5, 5.41) is 0. The maximum absolute atomic E-state index is 5.59. The van der Waals surface area contributed by atoms with E-state index >= 15 is 0 Å². The lowest BCUT2D eigenvalue weighted by atomic mass is 10.0. The van der Waals surface area contributed by atoms with E-state index in [-0.39, 0.29) is 0 Å². The predicted octanol–water partition coefficient (Wildman–Crippen LogP) is 1.67.